The molecule has 0 fully saturated rings. The van der Waals surface area contributed by atoms with Gasteiger partial charge in [-0.25, -0.2) is 0 Å². The van der Waals surface area contributed by atoms with Gasteiger partial charge in [0.15, 0.2) is 0 Å². The van der Waals surface area contributed by atoms with Gasteiger partial charge in [-0.2, -0.15) is 5.26 Å². The summed E-state index contributed by atoms with van der Waals surface area (Å²) in [5.74, 6) is 3.30. The maximum Gasteiger partial charge on any atom is 0.260 e. The Morgan fingerprint density at radius 3 is 1.39 bits per heavy atom. The van der Waals surface area contributed by atoms with Crippen LogP contribution in [-0.2, 0) is 0 Å². The Kier molecular flexibility index (Phi) is 8.06. The highest BCUT2D eigenvalue weighted by Crippen LogP contribution is 2.51. The molecule has 2 aliphatic heterocycles. The van der Waals surface area contributed by atoms with Gasteiger partial charge in [0.05, 0.1) is 50.4 Å². The van der Waals surface area contributed by atoms with Crippen molar-refractivity contribution in [3.05, 3.63) is 218 Å². The van der Waals surface area contributed by atoms with E-state index in [0.717, 1.165) is 115 Å². The van der Waals surface area contributed by atoms with E-state index in [1.54, 1.807) is 11.8 Å². The number of aromatic nitrogens is 3. The van der Waals surface area contributed by atoms with Crippen molar-refractivity contribution in [2.45, 2.75) is 9.79 Å². The van der Waals surface area contributed by atoms with Gasteiger partial charge in [-0.05, 0) is 95.9 Å². The van der Waals surface area contributed by atoms with Gasteiger partial charge in [-0.1, -0.05) is 127 Å². The number of hydrogen-bond acceptors (Lipinski definition) is 4. The summed E-state index contributed by atoms with van der Waals surface area (Å²) >= 11 is 1.66. The largest absolute Gasteiger partial charge is 0.458 e. The van der Waals surface area contributed by atoms with E-state index in [-0.39, 0.29) is 6.71 Å². The predicted molar refractivity (Wildman–Crippen MR) is 282 cm³/mol. The van der Waals surface area contributed by atoms with Crippen LogP contribution in [-0.4, -0.2) is 20.4 Å². The lowest BCUT2D eigenvalue weighted by Crippen LogP contribution is -2.57. The van der Waals surface area contributed by atoms with E-state index in [2.05, 4.69) is 214 Å². The fraction of sp³-hybridized carbons (Fsp3) is 0. The van der Waals surface area contributed by atoms with Crippen LogP contribution in [0.4, 0.5) is 0 Å². The van der Waals surface area contributed by atoms with Crippen LogP contribution in [0.15, 0.2) is 222 Å². The molecule has 69 heavy (non-hydrogen) atoms. The van der Waals surface area contributed by atoms with Gasteiger partial charge in [0, 0.05) is 71.1 Å². The molecule has 13 aromatic rings. The average molecular weight is 899 g/mol. The quantitative estimate of drug-likeness (QED) is 0.162. The standard InChI is InChI=1S/C61H35BN4O2S/c63-36-37-15-14-18-42(33-37)69-41-31-29-39(30-32-41)65-49-25-10-5-20-44(49)56-60(65)55-43-19-4-9-24-48(43)64(38-16-2-1-3-17-38)59(55)57-45-21-6-11-26-50(45)66(61(56)57)40-34-53-58-54(35-40)68-52-28-13-8-23-47(52)62(58)46-22-7-12-27-51(46)67-53/h1-35H. The zero-order valence-corrected chi connectivity index (χ0v) is 37.6. The lowest BCUT2D eigenvalue weighted by atomic mass is 9.35. The SMILES string of the molecule is N#Cc1cccc(Sc2ccc(-n3c4ccccc4c4c3c3c5ccccc5n(-c5ccccc5)c3c3c5ccccc5n(-c5cc6c7c(c5)Oc5ccccc5B7c5ccccc5O6)c34)cc2)c1. The second kappa shape index (κ2) is 14.6. The first kappa shape index (κ1) is 38.2. The van der Waals surface area contributed by atoms with Crippen molar-refractivity contribution in [1.82, 2.24) is 13.7 Å². The van der Waals surface area contributed by atoms with Crippen molar-refractivity contribution in [3.63, 3.8) is 0 Å². The average Bonchev–Trinajstić information content (AvgIpc) is 4.05. The first-order valence-corrected chi connectivity index (χ1v) is 24.0. The zero-order chi connectivity index (χ0) is 45.3. The van der Waals surface area contributed by atoms with Gasteiger partial charge < -0.3 is 23.2 Å². The molecule has 10 aromatic carbocycles. The minimum absolute atomic E-state index is 0.0320. The molecule has 0 atom stereocenters. The molecule has 320 valence electrons. The molecular weight excluding hydrogens is 864 g/mol. The first-order valence-electron chi connectivity index (χ1n) is 23.2. The van der Waals surface area contributed by atoms with Crippen LogP contribution in [0.5, 0.6) is 23.0 Å². The van der Waals surface area contributed by atoms with Crippen LogP contribution in [0.2, 0.25) is 0 Å². The molecule has 0 spiro atoms. The van der Waals surface area contributed by atoms with E-state index < -0.39 is 0 Å². The molecule has 2 aliphatic rings. The lowest BCUT2D eigenvalue weighted by Gasteiger charge is -2.33. The van der Waals surface area contributed by atoms with E-state index in [4.69, 9.17) is 9.47 Å². The molecule has 0 bridgehead atoms. The summed E-state index contributed by atoms with van der Waals surface area (Å²) in [6.45, 7) is -0.0320. The van der Waals surface area contributed by atoms with E-state index in [9.17, 15) is 5.26 Å². The molecule has 0 N–H and O–H groups in total. The van der Waals surface area contributed by atoms with Gasteiger partial charge >= 0.3 is 0 Å². The van der Waals surface area contributed by atoms with Gasteiger partial charge in [-0.3, -0.25) is 0 Å². The molecule has 0 amide bonds. The molecule has 15 rings (SSSR count). The zero-order valence-electron chi connectivity index (χ0n) is 36.8. The van der Waals surface area contributed by atoms with Crippen LogP contribution in [0.1, 0.15) is 5.56 Å². The summed E-state index contributed by atoms with van der Waals surface area (Å²) in [5, 5.41) is 16.6. The molecular formula is C61H35BN4O2S. The van der Waals surface area contributed by atoms with Crippen molar-refractivity contribution in [2.75, 3.05) is 0 Å². The van der Waals surface area contributed by atoms with Crippen molar-refractivity contribution in [2.24, 2.45) is 0 Å². The fourth-order valence-electron chi connectivity index (χ4n) is 11.5. The molecule has 0 aliphatic carbocycles. The number of hydrogen-bond donors (Lipinski definition) is 0. The van der Waals surface area contributed by atoms with Crippen LogP contribution in [0.25, 0.3) is 82.5 Å². The molecule has 0 saturated heterocycles. The van der Waals surface area contributed by atoms with E-state index >= 15 is 0 Å². The van der Waals surface area contributed by atoms with Crippen LogP contribution in [0, 0.1) is 11.3 Å². The number of fused-ring (bicyclic) bond motifs is 16. The van der Waals surface area contributed by atoms with E-state index in [1.807, 2.05) is 18.2 Å². The van der Waals surface area contributed by atoms with Gasteiger partial charge in [0.25, 0.3) is 6.71 Å². The Morgan fingerprint density at radius 1 is 0.391 bits per heavy atom. The molecule has 5 heterocycles. The molecule has 0 saturated carbocycles. The normalized spacial score (nSPS) is 12.6. The molecule has 6 nitrogen and oxygen atoms in total. The van der Waals surface area contributed by atoms with Crippen LogP contribution in [0.3, 0.4) is 0 Å². The van der Waals surface area contributed by atoms with Crippen molar-refractivity contribution in [3.8, 4) is 46.1 Å². The predicted octanol–water partition coefficient (Wildman–Crippen LogP) is 13.7. The Balaban J connectivity index is 1.09. The molecule has 0 unspecified atom stereocenters. The maximum absolute atomic E-state index is 9.61. The topological polar surface area (TPSA) is 57.0 Å². The summed E-state index contributed by atoms with van der Waals surface area (Å²) in [6.07, 6.45) is 0. The third kappa shape index (κ3) is 5.45. The Hall–Kier alpha value is -8.90. The van der Waals surface area contributed by atoms with Crippen molar-refractivity contribution in [1.29, 1.82) is 5.26 Å². The third-order valence-corrected chi connectivity index (χ3v) is 15.2. The van der Waals surface area contributed by atoms with Crippen LogP contribution < -0.4 is 25.9 Å². The Bertz CT molecular complexity index is 4300. The third-order valence-electron chi connectivity index (χ3n) is 14.2. The van der Waals surface area contributed by atoms with Gasteiger partial charge in [0.1, 0.15) is 23.0 Å². The monoisotopic (exact) mass is 898 g/mol. The summed E-state index contributed by atoms with van der Waals surface area (Å²) in [5.41, 5.74) is 13.8. The maximum atomic E-state index is 9.61. The van der Waals surface area contributed by atoms with Crippen molar-refractivity contribution >= 4 is 100 Å². The smallest absolute Gasteiger partial charge is 0.260 e. The molecule has 0 radical (unpaired) electrons. The molecule has 3 aromatic heterocycles. The van der Waals surface area contributed by atoms with Crippen molar-refractivity contribution < 1.29 is 9.47 Å². The summed E-state index contributed by atoms with van der Waals surface area (Å²) < 4.78 is 21.3. The number of ether oxygens (including phenoxy) is 2. The highest BCUT2D eigenvalue weighted by molar-refractivity contribution is 7.99. The fourth-order valence-corrected chi connectivity index (χ4v) is 12.3. The summed E-state index contributed by atoms with van der Waals surface area (Å²) in [6, 6.07) is 77.6. The first-order chi connectivity index (χ1) is 34.2. The minimum atomic E-state index is -0.0320. The number of nitriles is 1. The number of para-hydroxylation sites is 6. The second-order valence-electron chi connectivity index (χ2n) is 17.9. The van der Waals surface area contributed by atoms with Gasteiger partial charge in [-0.15, -0.1) is 0 Å². The minimum Gasteiger partial charge on any atom is -0.458 e. The highest BCUT2D eigenvalue weighted by atomic mass is 32.2. The van der Waals surface area contributed by atoms with E-state index in [0.29, 0.717) is 5.56 Å². The number of benzene rings is 10. The second-order valence-corrected chi connectivity index (χ2v) is 19.0. The molecule has 8 heteroatoms. The lowest BCUT2D eigenvalue weighted by molar-refractivity contribution is 0.464. The Labute approximate surface area is 400 Å². The number of rotatable bonds is 5. The summed E-state index contributed by atoms with van der Waals surface area (Å²) in [7, 11) is 0. The number of nitrogens with zero attached hydrogens (tertiary/aromatic N) is 4. The summed E-state index contributed by atoms with van der Waals surface area (Å²) in [4.78, 5) is 2.12. The van der Waals surface area contributed by atoms with Gasteiger partial charge in [0.2, 0.25) is 0 Å². The van der Waals surface area contributed by atoms with E-state index in [1.165, 1.54) is 16.2 Å². The van der Waals surface area contributed by atoms with Crippen LogP contribution >= 0.6 is 11.8 Å². The Morgan fingerprint density at radius 2 is 0.855 bits per heavy atom. The highest BCUT2D eigenvalue weighted by Gasteiger charge is 2.40.